The van der Waals surface area contributed by atoms with Crippen molar-refractivity contribution in [3.05, 3.63) is 198 Å². The molecule has 0 unspecified atom stereocenters. The van der Waals surface area contributed by atoms with Gasteiger partial charge < -0.3 is 152 Å². The van der Waals surface area contributed by atoms with Gasteiger partial charge in [-0.05, 0) is 88.1 Å². The van der Waals surface area contributed by atoms with Gasteiger partial charge in [0.15, 0.2) is 29.1 Å². The van der Waals surface area contributed by atoms with Crippen molar-refractivity contribution in [1.82, 2.24) is 103 Å². The normalized spacial score (nSPS) is 11.0. The molecule has 0 bridgehead atoms. The highest BCUT2D eigenvalue weighted by atomic mass is 16.2. The zero-order valence-corrected chi connectivity index (χ0v) is 74.9. The Morgan fingerprint density at radius 2 is 0.593 bits per heavy atom. The van der Waals surface area contributed by atoms with Crippen LogP contribution in [0.5, 0.6) is 0 Å². The molecule has 0 aliphatic heterocycles. The summed E-state index contributed by atoms with van der Waals surface area (Å²) < 4.78 is 11.7. The fourth-order valence-corrected chi connectivity index (χ4v) is 13.7. The number of aryl methyl sites for hydroxylation is 8. The van der Waals surface area contributed by atoms with Gasteiger partial charge in [0.1, 0.15) is 51.2 Å². The molecule has 0 saturated carbocycles. The van der Waals surface area contributed by atoms with Gasteiger partial charge in [0.05, 0.1) is 51.2 Å². The highest BCUT2D eigenvalue weighted by Gasteiger charge is 2.27. The number of rotatable bonds is 41. The first-order chi connectivity index (χ1) is 64.3. The molecule has 0 aliphatic rings. The van der Waals surface area contributed by atoms with E-state index in [1.807, 2.05) is 19.0 Å². The summed E-state index contributed by atoms with van der Waals surface area (Å²) in [6.07, 6.45) is 18.2. The molecule has 0 spiro atoms. The van der Waals surface area contributed by atoms with Crippen LogP contribution in [-0.2, 0) is 80.4 Å². The van der Waals surface area contributed by atoms with E-state index in [0.717, 1.165) is 13.0 Å². The molecule has 12 aromatic rings. The number of hydrogen-bond donors (Lipinski definition) is 21. The van der Waals surface area contributed by atoms with Crippen LogP contribution in [0.25, 0.3) is 0 Å². The summed E-state index contributed by atoms with van der Waals surface area (Å²) in [5, 5.41) is 45.5. The topological polar surface area (TPSA) is 639 Å². The molecule has 0 saturated heterocycles. The average molecular weight is 1850 g/mol. The zero-order chi connectivity index (χ0) is 97.2. The van der Waals surface area contributed by atoms with Crippen molar-refractivity contribution in [1.29, 1.82) is 0 Å². The Bertz CT molecular complexity index is 6590. The van der Waals surface area contributed by atoms with Crippen LogP contribution in [0.4, 0.5) is 68.6 Å². The fourth-order valence-electron chi connectivity index (χ4n) is 13.7. The molecule has 135 heavy (non-hydrogen) atoms. The van der Waals surface area contributed by atoms with E-state index in [4.69, 9.17) is 0 Å². The zero-order valence-electron chi connectivity index (χ0n) is 74.9. The minimum absolute atomic E-state index is 0.00432. The van der Waals surface area contributed by atoms with Gasteiger partial charge in [-0.25, -0.2) is 15.0 Å². The minimum atomic E-state index is -0.680. The molecular weight excluding hydrogens is 1760 g/mol. The van der Waals surface area contributed by atoms with Gasteiger partial charge in [-0.2, -0.15) is 0 Å². The van der Waals surface area contributed by atoms with Gasteiger partial charge in [-0.3, -0.25) is 81.5 Å². The van der Waals surface area contributed by atoms with Crippen molar-refractivity contribution in [2.75, 3.05) is 117 Å². The smallest absolute Gasteiger partial charge is 0.291 e. The van der Waals surface area contributed by atoms with Crippen LogP contribution in [0.2, 0.25) is 0 Å². The summed E-state index contributed by atoms with van der Waals surface area (Å²) >= 11 is 0. The first kappa shape index (κ1) is 96.2. The van der Waals surface area contributed by atoms with Gasteiger partial charge >= 0.3 is 0 Å². The second kappa shape index (κ2) is 43.0. The first-order valence-corrected chi connectivity index (χ1v) is 41.7. The number of carbonyl (C=O) groups is 17. The number of imidazole rings is 3. The molecule has 50 nitrogen and oxygen atoms in total. The van der Waals surface area contributed by atoms with Gasteiger partial charge in [0, 0.05) is 196 Å². The maximum absolute atomic E-state index is 13.6. The molecule has 12 rings (SSSR count). The van der Waals surface area contributed by atoms with Crippen LogP contribution < -0.4 is 90.4 Å². The lowest BCUT2D eigenvalue weighted by molar-refractivity contribution is -0.121. The van der Waals surface area contributed by atoms with Crippen LogP contribution >= 0.6 is 0 Å². The highest BCUT2D eigenvalue weighted by molar-refractivity contribution is 6.12. The molecule has 50 heteroatoms. The van der Waals surface area contributed by atoms with E-state index in [1.54, 1.807) is 49.3 Å². The number of amides is 17. The Hall–Kier alpha value is -17.9. The predicted molar refractivity (Wildman–Crippen MR) is 492 cm³/mol. The van der Waals surface area contributed by atoms with E-state index >= 15 is 0 Å². The molecule has 17 amide bonds. The van der Waals surface area contributed by atoms with Crippen molar-refractivity contribution >= 4 is 169 Å². The van der Waals surface area contributed by atoms with E-state index in [1.165, 1.54) is 179 Å². The molecule has 12 aromatic heterocycles. The third-order valence-electron chi connectivity index (χ3n) is 20.3. The van der Waals surface area contributed by atoms with E-state index in [2.05, 4.69) is 125 Å². The summed E-state index contributed by atoms with van der Waals surface area (Å²) in [6.45, 7) is 2.63. The molecule has 0 aliphatic carbocycles. The molecule has 0 aromatic carbocycles. The van der Waals surface area contributed by atoms with E-state index in [0.29, 0.717) is 12.2 Å². The quantitative estimate of drug-likeness (QED) is 0.0243. The number of H-pyrrole nitrogens is 4. The van der Waals surface area contributed by atoms with Crippen molar-refractivity contribution < 1.29 is 81.5 Å². The first-order valence-electron chi connectivity index (χ1n) is 41.7. The molecule has 0 fully saturated rings. The number of carbonyl (C=O) groups excluding carboxylic acids is 17. The van der Waals surface area contributed by atoms with Gasteiger partial charge in [0.2, 0.25) is 35.4 Å². The highest BCUT2D eigenvalue weighted by Crippen LogP contribution is 2.26. The Balaban J connectivity index is 0.512. The monoisotopic (exact) mass is 1850 g/mol. The maximum Gasteiger partial charge on any atom is 0.291 e. The van der Waals surface area contributed by atoms with Gasteiger partial charge in [0.25, 0.3) is 70.9 Å². The standard InChI is InChI=1S/C85H99N33O17/c1-45(119)95-64-35-93-71(105-64)83(133)100-47-25-56(92-34-47)75(125)101-51-29-58(111(4)40-51)77(127)89-21-16-69(122)97-49-27-60(114(7)38-49)79(129)103-53-31-61(116(9)42-53)80(130)102-52-30-57(112(5)41-52)76(126)87-18-12-14-68(121)96-48-26-59(113(6)37-48)78(128)104-54-32-63(117(10)43-54)82(132)109-66-44-118(11)73(107-66)85(135)90-22-17-70(123)98-50-28-62(115(8)39-50)81(131)108-65-36-94-72(106-65)84(134)99-46-24-55(91-33-46)74(124)88-20-15-67(120)86-19-13-23-110(2)3/h24-44,91-92H,12-23H2,1-11H3,(H,86,120)(H,87,126)(H,88,124)(H,89,127)(H,90,135)(H,93,105)(H,94,106)(H,95,119)(H,96,121)(H,97,122)(H,98,123)(H,99,134)(H,100,133)(H,101,125)(H,102,130)(H,103,129)(H,104,128)(H,108,131)(H,109,132). The van der Waals surface area contributed by atoms with E-state index in [-0.39, 0.29) is 202 Å². The van der Waals surface area contributed by atoms with Crippen molar-refractivity contribution in [2.24, 2.45) is 56.4 Å². The SMILES string of the molecule is CC(=O)Nc1c[nH]c(C(=O)Nc2c[nH]c(C(=O)Nc3cc(C(=O)NCCC(=O)Nc4cc(C(=O)Nc5cc(C(=O)Nc6cc(C(=O)NCCCC(=O)Nc7cc(C(=O)Nc8cc(C(=O)Nc9cn(C)c(C(=O)NCCC(=O)Nc%10cc(C(=O)Nc%11c[nH]c(C(=O)Nc%12c[nH]c(C(=O)NCCC(=O)NCCCN(C)C)c%12)n%11)n(C)c%10)n9)n(C)c8)n(C)c7)n(C)c6)n(C)c5)n(C)c4)n(C)c3)c2)n1. The molecule has 12 heterocycles. The largest absolute Gasteiger partial charge is 0.356 e. The Morgan fingerprint density at radius 1 is 0.274 bits per heavy atom. The third-order valence-corrected chi connectivity index (χ3v) is 20.3. The number of hydrogen-bond acceptors (Lipinski definition) is 21. The lowest BCUT2D eigenvalue weighted by atomic mass is 10.2. The predicted octanol–water partition coefficient (Wildman–Crippen LogP) is 3.72. The van der Waals surface area contributed by atoms with E-state index < -0.39 is 88.6 Å². The van der Waals surface area contributed by atoms with Crippen molar-refractivity contribution in [3.8, 4) is 0 Å². The van der Waals surface area contributed by atoms with Crippen molar-refractivity contribution in [3.63, 3.8) is 0 Å². The summed E-state index contributed by atoms with van der Waals surface area (Å²) in [4.78, 5) is 247. The number of nitrogens with one attached hydrogen (secondary N) is 21. The van der Waals surface area contributed by atoms with Crippen LogP contribution in [0.3, 0.4) is 0 Å². The van der Waals surface area contributed by atoms with E-state index in [9.17, 15) is 81.5 Å². The Kier molecular flexibility index (Phi) is 30.6. The fraction of sp³-hybridized carbons (Fsp3) is 0.271. The molecule has 0 atom stereocenters. The molecular formula is C85H99N33O17. The number of anilines is 12. The average Bonchev–Trinajstić information content (AvgIpc) is 1.68. The lowest BCUT2D eigenvalue weighted by Gasteiger charge is -2.10. The number of aromatic amines is 4. The van der Waals surface area contributed by atoms with Crippen LogP contribution in [0.15, 0.2) is 129 Å². The minimum Gasteiger partial charge on any atom is -0.356 e. The van der Waals surface area contributed by atoms with Crippen LogP contribution in [-0.4, -0.2) is 230 Å². The summed E-state index contributed by atoms with van der Waals surface area (Å²) in [6, 6.07) is 12.9. The number of nitrogens with zero attached hydrogens (tertiary/aromatic N) is 12. The maximum atomic E-state index is 13.6. The Morgan fingerprint density at radius 3 is 1.00 bits per heavy atom. The lowest BCUT2D eigenvalue weighted by Crippen LogP contribution is -2.32. The number of aromatic nitrogens is 15. The van der Waals surface area contributed by atoms with Crippen LogP contribution in [0, 0.1) is 0 Å². The molecule has 21 N–H and O–H groups in total. The summed E-state index contributed by atoms with van der Waals surface area (Å²) in [7, 11) is 16.5. The molecule has 0 radical (unpaired) electrons. The van der Waals surface area contributed by atoms with Gasteiger partial charge in [-0.1, -0.05) is 0 Å². The summed E-state index contributed by atoms with van der Waals surface area (Å²) in [5.74, 6) is -9.17. The molecule has 706 valence electrons. The van der Waals surface area contributed by atoms with Gasteiger partial charge in [-0.15, -0.1) is 0 Å². The van der Waals surface area contributed by atoms with Crippen LogP contribution in [0.1, 0.15) is 172 Å². The summed E-state index contributed by atoms with van der Waals surface area (Å²) in [5.41, 5.74) is 3.67. The second-order valence-corrected chi connectivity index (χ2v) is 31.4. The third kappa shape index (κ3) is 25.8. The Labute approximate surface area is 766 Å². The van der Waals surface area contributed by atoms with Crippen molar-refractivity contribution in [2.45, 2.75) is 45.4 Å². The second-order valence-electron chi connectivity index (χ2n) is 31.4.